The molecule has 0 bridgehead atoms. The predicted molar refractivity (Wildman–Crippen MR) is 93.3 cm³/mol. The molecule has 2 aromatic carbocycles. The molecule has 134 valence electrons. The molecule has 0 saturated heterocycles. The van der Waals surface area contributed by atoms with Crippen LogP contribution in [0.4, 0.5) is 13.2 Å². The topological polar surface area (TPSA) is 34.9 Å². The summed E-state index contributed by atoms with van der Waals surface area (Å²) in [7, 11) is 0. The van der Waals surface area contributed by atoms with Gasteiger partial charge in [0, 0.05) is 17.3 Å². The van der Waals surface area contributed by atoms with Crippen LogP contribution >= 0.6 is 11.6 Å². The molecule has 7 heteroatoms. The number of aromatic nitrogens is 2. The Balaban J connectivity index is 2.09. The SMILES string of the molecule is Cc1ccc(-c2nn(-c3cccc(C(F)(F)F)c3)cc2CC(=O)Cl)cc1. The maximum atomic E-state index is 13.0. The minimum atomic E-state index is -4.45. The number of nitrogens with zero attached hydrogens (tertiary/aromatic N) is 2. The fraction of sp³-hybridized carbons (Fsp3) is 0.158. The first-order chi connectivity index (χ1) is 12.2. The van der Waals surface area contributed by atoms with Gasteiger partial charge in [-0.25, -0.2) is 4.68 Å². The summed E-state index contributed by atoms with van der Waals surface area (Å²) < 4.78 is 40.2. The molecule has 0 atom stereocenters. The largest absolute Gasteiger partial charge is 0.416 e. The lowest BCUT2D eigenvalue weighted by Crippen LogP contribution is -2.06. The van der Waals surface area contributed by atoms with Gasteiger partial charge in [0.05, 0.1) is 23.4 Å². The number of aryl methyl sites for hydroxylation is 1. The highest BCUT2D eigenvalue weighted by molar-refractivity contribution is 6.63. The van der Waals surface area contributed by atoms with Gasteiger partial charge in [0.2, 0.25) is 5.24 Å². The summed E-state index contributed by atoms with van der Waals surface area (Å²) in [6.07, 6.45) is -2.98. The van der Waals surface area contributed by atoms with Gasteiger partial charge in [-0.3, -0.25) is 4.79 Å². The lowest BCUT2D eigenvalue weighted by atomic mass is 10.1. The standard InChI is InChI=1S/C19H14ClF3N2O/c1-12-5-7-13(8-6-12)18-14(9-17(20)26)11-25(24-18)16-4-2-3-15(10-16)19(21,22)23/h2-8,10-11H,9H2,1H3. The molecule has 0 aliphatic heterocycles. The minimum absolute atomic E-state index is 0.0657. The average Bonchev–Trinajstić information content (AvgIpc) is 2.98. The van der Waals surface area contributed by atoms with Crippen LogP contribution in [0.15, 0.2) is 54.7 Å². The first kappa shape index (κ1) is 18.2. The minimum Gasteiger partial charge on any atom is -0.281 e. The second-order valence-corrected chi connectivity index (χ2v) is 6.32. The summed E-state index contributed by atoms with van der Waals surface area (Å²) in [6, 6.07) is 12.3. The molecular formula is C19H14ClF3N2O. The Bertz CT molecular complexity index is 946. The van der Waals surface area contributed by atoms with E-state index in [0.29, 0.717) is 11.3 Å². The van der Waals surface area contributed by atoms with Crippen molar-refractivity contribution >= 4 is 16.8 Å². The van der Waals surface area contributed by atoms with Crippen molar-refractivity contribution in [3.63, 3.8) is 0 Å². The molecule has 0 radical (unpaired) electrons. The Morgan fingerprint density at radius 3 is 2.46 bits per heavy atom. The quantitative estimate of drug-likeness (QED) is 0.587. The second-order valence-electron chi connectivity index (χ2n) is 5.89. The Morgan fingerprint density at radius 2 is 1.85 bits per heavy atom. The monoisotopic (exact) mass is 378 g/mol. The van der Waals surface area contributed by atoms with Crippen LogP contribution in [0, 0.1) is 6.92 Å². The van der Waals surface area contributed by atoms with Crippen molar-refractivity contribution in [3.05, 3.63) is 71.4 Å². The van der Waals surface area contributed by atoms with Crippen LogP contribution in [-0.2, 0) is 17.4 Å². The molecule has 0 spiro atoms. The van der Waals surface area contributed by atoms with E-state index in [1.54, 1.807) is 0 Å². The van der Waals surface area contributed by atoms with E-state index in [1.165, 1.54) is 23.0 Å². The van der Waals surface area contributed by atoms with E-state index in [9.17, 15) is 18.0 Å². The molecule has 0 saturated carbocycles. The number of hydrogen-bond donors (Lipinski definition) is 0. The zero-order valence-electron chi connectivity index (χ0n) is 13.7. The van der Waals surface area contributed by atoms with Crippen LogP contribution < -0.4 is 0 Å². The third kappa shape index (κ3) is 3.96. The van der Waals surface area contributed by atoms with Crippen LogP contribution in [0.5, 0.6) is 0 Å². The summed E-state index contributed by atoms with van der Waals surface area (Å²) >= 11 is 5.51. The summed E-state index contributed by atoms with van der Waals surface area (Å²) in [4.78, 5) is 11.4. The zero-order chi connectivity index (χ0) is 18.9. The van der Waals surface area contributed by atoms with Crippen LogP contribution in [-0.4, -0.2) is 15.0 Å². The Hall–Kier alpha value is -2.60. The smallest absolute Gasteiger partial charge is 0.281 e. The molecule has 3 aromatic rings. The van der Waals surface area contributed by atoms with Gasteiger partial charge in [-0.15, -0.1) is 0 Å². The Morgan fingerprint density at radius 1 is 1.15 bits per heavy atom. The number of carbonyl (C=O) groups is 1. The zero-order valence-corrected chi connectivity index (χ0v) is 14.5. The van der Waals surface area contributed by atoms with Crippen LogP contribution in [0.1, 0.15) is 16.7 Å². The fourth-order valence-corrected chi connectivity index (χ4v) is 2.74. The Labute approximate surface area is 153 Å². The van der Waals surface area contributed by atoms with Gasteiger partial charge in [-0.1, -0.05) is 35.9 Å². The second kappa shape index (κ2) is 6.96. The molecule has 0 N–H and O–H groups in total. The molecule has 3 rings (SSSR count). The van der Waals surface area contributed by atoms with E-state index in [0.717, 1.165) is 23.3 Å². The first-order valence-corrected chi connectivity index (χ1v) is 8.13. The van der Waals surface area contributed by atoms with Crippen molar-refractivity contribution in [3.8, 4) is 16.9 Å². The van der Waals surface area contributed by atoms with Crippen molar-refractivity contribution in [2.45, 2.75) is 19.5 Å². The fourth-order valence-electron chi connectivity index (χ4n) is 2.60. The van der Waals surface area contributed by atoms with Crippen molar-refractivity contribution in [2.75, 3.05) is 0 Å². The maximum absolute atomic E-state index is 13.0. The molecule has 0 unspecified atom stereocenters. The van der Waals surface area contributed by atoms with Gasteiger partial charge < -0.3 is 0 Å². The van der Waals surface area contributed by atoms with E-state index in [2.05, 4.69) is 5.10 Å². The molecule has 1 aromatic heterocycles. The van der Waals surface area contributed by atoms with Crippen LogP contribution in [0.3, 0.4) is 0 Å². The van der Waals surface area contributed by atoms with E-state index < -0.39 is 17.0 Å². The third-order valence-electron chi connectivity index (χ3n) is 3.88. The highest BCUT2D eigenvalue weighted by Gasteiger charge is 2.30. The summed E-state index contributed by atoms with van der Waals surface area (Å²) in [6.45, 7) is 1.94. The van der Waals surface area contributed by atoms with Gasteiger partial charge in [0.25, 0.3) is 0 Å². The summed E-state index contributed by atoms with van der Waals surface area (Å²) in [5, 5.41) is 3.83. The number of alkyl halides is 3. The van der Waals surface area contributed by atoms with Gasteiger partial charge in [-0.05, 0) is 36.7 Å². The lowest BCUT2D eigenvalue weighted by molar-refractivity contribution is -0.137. The van der Waals surface area contributed by atoms with Gasteiger partial charge in [-0.2, -0.15) is 18.3 Å². The molecule has 0 amide bonds. The molecule has 0 aliphatic carbocycles. The molecule has 3 nitrogen and oxygen atoms in total. The summed E-state index contributed by atoms with van der Waals surface area (Å²) in [5.41, 5.74) is 2.36. The molecule has 0 fully saturated rings. The van der Waals surface area contributed by atoms with Crippen LogP contribution in [0.2, 0.25) is 0 Å². The molecule has 0 aliphatic rings. The number of halogens is 4. The van der Waals surface area contributed by atoms with Crippen molar-refractivity contribution < 1.29 is 18.0 Å². The first-order valence-electron chi connectivity index (χ1n) is 7.75. The number of hydrogen-bond acceptors (Lipinski definition) is 2. The highest BCUT2D eigenvalue weighted by Crippen LogP contribution is 2.31. The number of benzene rings is 2. The van der Waals surface area contributed by atoms with Crippen molar-refractivity contribution in [2.24, 2.45) is 0 Å². The van der Waals surface area contributed by atoms with E-state index >= 15 is 0 Å². The normalized spacial score (nSPS) is 11.6. The van der Waals surface area contributed by atoms with Gasteiger partial charge >= 0.3 is 6.18 Å². The summed E-state index contributed by atoms with van der Waals surface area (Å²) in [5.74, 6) is 0. The van der Waals surface area contributed by atoms with Crippen LogP contribution in [0.25, 0.3) is 16.9 Å². The average molecular weight is 379 g/mol. The number of rotatable bonds is 4. The Kier molecular flexibility index (Phi) is 4.87. The highest BCUT2D eigenvalue weighted by atomic mass is 35.5. The molecular weight excluding hydrogens is 365 g/mol. The van der Waals surface area contributed by atoms with E-state index in [1.807, 2.05) is 31.2 Å². The van der Waals surface area contributed by atoms with E-state index in [4.69, 9.17) is 11.6 Å². The molecule has 1 heterocycles. The van der Waals surface area contributed by atoms with Crippen molar-refractivity contribution in [1.82, 2.24) is 9.78 Å². The molecule has 26 heavy (non-hydrogen) atoms. The maximum Gasteiger partial charge on any atom is 0.416 e. The van der Waals surface area contributed by atoms with Crippen molar-refractivity contribution in [1.29, 1.82) is 0 Å². The van der Waals surface area contributed by atoms with E-state index in [-0.39, 0.29) is 12.1 Å². The number of carbonyl (C=O) groups excluding carboxylic acids is 1. The lowest BCUT2D eigenvalue weighted by Gasteiger charge is -2.08. The predicted octanol–water partition coefficient (Wildman–Crippen LogP) is 5.17. The van der Waals surface area contributed by atoms with Gasteiger partial charge in [0.1, 0.15) is 0 Å². The van der Waals surface area contributed by atoms with Gasteiger partial charge in [0.15, 0.2) is 0 Å². The third-order valence-corrected chi connectivity index (χ3v) is 4.02.